The van der Waals surface area contributed by atoms with Crippen molar-refractivity contribution in [2.75, 3.05) is 11.5 Å². The average Bonchev–Trinajstić information content (AvgIpc) is 3.08. The number of amides is 3. The van der Waals surface area contributed by atoms with Crippen molar-refractivity contribution in [3.63, 3.8) is 0 Å². The molecule has 1 aliphatic heterocycles. The quantitative estimate of drug-likeness (QED) is 0.762. The molecule has 8 heteroatoms. The van der Waals surface area contributed by atoms with E-state index >= 15 is 0 Å². The molecule has 1 heterocycles. The summed E-state index contributed by atoms with van der Waals surface area (Å²) in [5.74, 6) is 1.01. The summed E-state index contributed by atoms with van der Waals surface area (Å²) in [7, 11) is 0. The smallest absolute Gasteiger partial charge is 0.338 e. The van der Waals surface area contributed by atoms with Gasteiger partial charge in [-0.3, -0.25) is 10.1 Å². The number of hydrogen-bond acceptors (Lipinski definition) is 6. The standard InChI is InChI=1S/C17H22N2O4S2/c1-10(2)18-17(22)19-14(20)11(3)23-15(21)12-4-6-13(7-5-12)16-24-8-9-25-16/h4-7,10-11,16H,8-9H2,1-3H3,(H2,18,19,20,22)/t11-/m0/s1. The average molecular weight is 383 g/mol. The summed E-state index contributed by atoms with van der Waals surface area (Å²) < 4.78 is 5.54. The van der Waals surface area contributed by atoms with Crippen molar-refractivity contribution >= 4 is 41.4 Å². The molecule has 1 aromatic carbocycles. The van der Waals surface area contributed by atoms with Crippen LogP contribution in [0.25, 0.3) is 0 Å². The fourth-order valence-electron chi connectivity index (χ4n) is 2.12. The summed E-state index contributed by atoms with van der Waals surface area (Å²) in [6, 6.07) is 6.51. The fraction of sp³-hybridized carbons (Fsp3) is 0.471. The molecule has 0 aliphatic carbocycles. The Morgan fingerprint density at radius 2 is 1.68 bits per heavy atom. The predicted octanol–water partition coefficient (Wildman–Crippen LogP) is 2.94. The van der Waals surface area contributed by atoms with Crippen LogP contribution in [0, 0.1) is 0 Å². The van der Waals surface area contributed by atoms with Gasteiger partial charge in [-0.25, -0.2) is 9.59 Å². The Morgan fingerprint density at radius 3 is 2.24 bits per heavy atom. The Balaban J connectivity index is 1.87. The fourth-order valence-corrected chi connectivity index (χ4v) is 4.98. The maximum absolute atomic E-state index is 12.1. The van der Waals surface area contributed by atoms with Crippen molar-refractivity contribution in [1.82, 2.24) is 10.6 Å². The third kappa shape index (κ3) is 5.97. The lowest BCUT2D eigenvalue weighted by atomic mass is 10.1. The third-order valence-electron chi connectivity index (χ3n) is 3.35. The highest BCUT2D eigenvalue weighted by Crippen LogP contribution is 2.45. The number of benzene rings is 1. The molecule has 3 amide bonds. The lowest BCUT2D eigenvalue weighted by Crippen LogP contribution is -2.46. The number of hydrogen-bond donors (Lipinski definition) is 2. The van der Waals surface area contributed by atoms with Crippen molar-refractivity contribution < 1.29 is 19.1 Å². The SMILES string of the molecule is CC(C)NC(=O)NC(=O)[C@H](C)OC(=O)c1ccc(C2SCCS2)cc1. The summed E-state index contributed by atoms with van der Waals surface area (Å²) >= 11 is 3.78. The first-order valence-corrected chi connectivity index (χ1v) is 10.1. The molecule has 2 N–H and O–H groups in total. The molecule has 1 aliphatic rings. The van der Waals surface area contributed by atoms with Crippen molar-refractivity contribution in [2.24, 2.45) is 0 Å². The highest BCUT2D eigenvalue weighted by Gasteiger charge is 2.22. The number of urea groups is 1. The molecule has 1 atom stereocenters. The second kappa shape index (κ2) is 9.15. The minimum absolute atomic E-state index is 0.0969. The summed E-state index contributed by atoms with van der Waals surface area (Å²) in [5, 5.41) is 4.67. The Labute approximate surface area is 155 Å². The zero-order chi connectivity index (χ0) is 18.4. The molecule has 6 nitrogen and oxygen atoms in total. The molecule has 0 spiro atoms. The van der Waals surface area contributed by atoms with Crippen LogP contribution in [0.15, 0.2) is 24.3 Å². The van der Waals surface area contributed by atoms with Gasteiger partial charge in [0.05, 0.1) is 10.1 Å². The second-order valence-corrected chi connectivity index (χ2v) is 8.58. The number of esters is 1. The highest BCUT2D eigenvalue weighted by atomic mass is 32.2. The molecule has 0 radical (unpaired) electrons. The monoisotopic (exact) mass is 382 g/mol. The maximum atomic E-state index is 12.1. The molecule has 0 bridgehead atoms. The van der Waals surface area contributed by atoms with E-state index in [1.54, 1.807) is 26.0 Å². The van der Waals surface area contributed by atoms with Gasteiger partial charge in [0, 0.05) is 17.5 Å². The Bertz CT molecular complexity index is 628. The van der Waals surface area contributed by atoms with E-state index in [-0.39, 0.29) is 6.04 Å². The van der Waals surface area contributed by atoms with E-state index in [1.165, 1.54) is 12.5 Å². The molecule has 0 aromatic heterocycles. The summed E-state index contributed by atoms with van der Waals surface area (Å²) in [6.45, 7) is 4.98. The lowest BCUT2D eigenvalue weighted by molar-refractivity contribution is -0.127. The maximum Gasteiger partial charge on any atom is 0.338 e. The topological polar surface area (TPSA) is 84.5 Å². The van der Waals surface area contributed by atoms with Crippen molar-refractivity contribution in [3.05, 3.63) is 35.4 Å². The molecule has 0 saturated carbocycles. The molecular formula is C17H22N2O4S2. The van der Waals surface area contributed by atoms with Crippen LogP contribution in [-0.4, -0.2) is 41.6 Å². The van der Waals surface area contributed by atoms with Crippen molar-refractivity contribution in [3.8, 4) is 0 Å². The molecular weight excluding hydrogens is 360 g/mol. The lowest BCUT2D eigenvalue weighted by Gasteiger charge is -2.15. The Hall–Kier alpha value is -1.67. The van der Waals surface area contributed by atoms with Gasteiger partial charge < -0.3 is 10.1 Å². The van der Waals surface area contributed by atoms with Crippen LogP contribution in [0.5, 0.6) is 0 Å². The number of imide groups is 1. The number of rotatable bonds is 5. The third-order valence-corrected chi connectivity index (χ3v) is 6.45. The largest absolute Gasteiger partial charge is 0.449 e. The first-order chi connectivity index (χ1) is 11.9. The molecule has 0 unspecified atom stereocenters. The molecule has 2 rings (SSSR count). The van der Waals surface area contributed by atoms with E-state index in [4.69, 9.17) is 4.74 Å². The van der Waals surface area contributed by atoms with Gasteiger partial charge >= 0.3 is 12.0 Å². The van der Waals surface area contributed by atoms with Gasteiger partial charge in [-0.2, -0.15) is 0 Å². The van der Waals surface area contributed by atoms with E-state index in [0.717, 1.165) is 11.5 Å². The first kappa shape index (κ1) is 19.7. The van der Waals surface area contributed by atoms with Gasteiger partial charge in [-0.05, 0) is 38.5 Å². The van der Waals surface area contributed by atoms with Crippen LogP contribution in [0.2, 0.25) is 0 Å². The number of nitrogens with one attached hydrogen (secondary N) is 2. The van der Waals surface area contributed by atoms with Crippen LogP contribution in [0.4, 0.5) is 4.79 Å². The minimum atomic E-state index is -1.06. The molecule has 25 heavy (non-hydrogen) atoms. The van der Waals surface area contributed by atoms with E-state index in [1.807, 2.05) is 35.7 Å². The van der Waals surface area contributed by atoms with E-state index < -0.39 is 24.0 Å². The van der Waals surface area contributed by atoms with Crippen LogP contribution < -0.4 is 10.6 Å². The second-order valence-electron chi connectivity index (χ2n) is 5.86. The molecule has 136 valence electrons. The van der Waals surface area contributed by atoms with Crippen molar-refractivity contribution in [1.29, 1.82) is 0 Å². The Morgan fingerprint density at radius 1 is 1.08 bits per heavy atom. The first-order valence-electron chi connectivity index (χ1n) is 8.02. The summed E-state index contributed by atoms with van der Waals surface area (Å²) in [4.78, 5) is 35.5. The van der Waals surface area contributed by atoms with Crippen LogP contribution >= 0.6 is 23.5 Å². The van der Waals surface area contributed by atoms with Gasteiger partial charge in [-0.1, -0.05) is 12.1 Å². The van der Waals surface area contributed by atoms with Crippen LogP contribution in [-0.2, 0) is 9.53 Å². The zero-order valence-electron chi connectivity index (χ0n) is 14.4. The molecule has 1 aromatic rings. The van der Waals surface area contributed by atoms with E-state index in [0.29, 0.717) is 10.1 Å². The highest BCUT2D eigenvalue weighted by molar-refractivity contribution is 8.19. The van der Waals surface area contributed by atoms with Gasteiger partial charge in [0.2, 0.25) is 0 Å². The Kier molecular flexibility index (Phi) is 7.19. The molecule has 1 fully saturated rings. The summed E-state index contributed by atoms with van der Waals surface area (Å²) in [6.07, 6.45) is -1.06. The normalized spacial score (nSPS) is 15.7. The zero-order valence-corrected chi connectivity index (χ0v) is 16.0. The van der Waals surface area contributed by atoms with Gasteiger partial charge in [0.15, 0.2) is 6.10 Å². The van der Waals surface area contributed by atoms with Crippen LogP contribution in [0.3, 0.4) is 0 Å². The number of ether oxygens (including phenoxy) is 1. The summed E-state index contributed by atoms with van der Waals surface area (Å²) in [5.41, 5.74) is 1.54. The number of thioether (sulfide) groups is 2. The predicted molar refractivity (Wildman–Crippen MR) is 101 cm³/mol. The van der Waals surface area contributed by atoms with E-state index in [2.05, 4.69) is 10.6 Å². The van der Waals surface area contributed by atoms with Gasteiger partial charge in [0.25, 0.3) is 5.91 Å². The van der Waals surface area contributed by atoms with E-state index in [9.17, 15) is 14.4 Å². The van der Waals surface area contributed by atoms with Crippen molar-refractivity contribution in [2.45, 2.75) is 37.5 Å². The minimum Gasteiger partial charge on any atom is -0.449 e. The van der Waals surface area contributed by atoms with Gasteiger partial charge in [-0.15, -0.1) is 23.5 Å². The number of carbonyl (C=O) groups excluding carboxylic acids is 3. The molecule has 1 saturated heterocycles. The van der Waals surface area contributed by atoms with Gasteiger partial charge in [0.1, 0.15) is 0 Å². The number of carbonyl (C=O) groups is 3. The van der Waals surface area contributed by atoms with Crippen LogP contribution in [0.1, 0.15) is 41.3 Å².